The number of hydrogen-bond donors (Lipinski definition) is 2. The maximum Gasteiger partial charge on any atom is 0.266 e. The molecule has 1 aromatic heterocycles. The Morgan fingerprint density at radius 2 is 2.05 bits per heavy atom. The quantitative estimate of drug-likeness (QED) is 0.891. The molecule has 0 radical (unpaired) electrons. The van der Waals surface area contributed by atoms with Crippen LogP contribution < -0.4 is 5.56 Å². The molecule has 2 rings (SSSR count). The van der Waals surface area contributed by atoms with Gasteiger partial charge in [-0.2, -0.15) is 4.31 Å². The fraction of sp³-hybridized carbons (Fsp3) is 0.154. The van der Waals surface area contributed by atoms with E-state index in [4.69, 9.17) is 11.6 Å². The number of rotatable bonds is 4. The monoisotopic (exact) mass is 328 g/mol. The summed E-state index contributed by atoms with van der Waals surface area (Å²) in [5.74, 6) is 0.0605. The highest BCUT2D eigenvalue weighted by atomic mass is 35.5. The van der Waals surface area contributed by atoms with Crippen LogP contribution in [0.4, 0.5) is 0 Å². The number of nitrogens with one attached hydrogen (secondary N) is 1. The highest BCUT2D eigenvalue weighted by molar-refractivity contribution is 7.89. The fourth-order valence-electron chi connectivity index (χ4n) is 1.76. The number of nitrogens with zero attached hydrogens (tertiary/aromatic N) is 1. The summed E-state index contributed by atoms with van der Waals surface area (Å²) >= 11 is 5.65. The first-order chi connectivity index (χ1) is 9.80. The number of H-pyrrole nitrogens is 1. The van der Waals surface area contributed by atoms with Crippen molar-refractivity contribution in [3.63, 3.8) is 0 Å². The molecule has 0 aliphatic carbocycles. The molecule has 2 aromatic rings. The molecule has 0 amide bonds. The smallest absolute Gasteiger partial charge is 0.266 e. The van der Waals surface area contributed by atoms with Gasteiger partial charge in [-0.25, -0.2) is 8.42 Å². The lowest BCUT2D eigenvalue weighted by Gasteiger charge is -2.17. The maximum absolute atomic E-state index is 12.4. The molecule has 0 spiro atoms. The van der Waals surface area contributed by atoms with Crippen LogP contribution in [-0.2, 0) is 16.6 Å². The number of sulfonamides is 1. The summed E-state index contributed by atoms with van der Waals surface area (Å²) in [5.41, 5.74) is 0.0860. The van der Waals surface area contributed by atoms with E-state index in [1.807, 2.05) is 0 Å². The van der Waals surface area contributed by atoms with Gasteiger partial charge in [-0.05, 0) is 23.8 Å². The molecule has 112 valence electrons. The third-order valence-corrected chi connectivity index (χ3v) is 4.92. The van der Waals surface area contributed by atoms with Crippen molar-refractivity contribution in [2.75, 3.05) is 7.05 Å². The molecule has 1 aromatic carbocycles. The van der Waals surface area contributed by atoms with Crippen molar-refractivity contribution in [3.05, 3.63) is 57.5 Å². The van der Waals surface area contributed by atoms with E-state index in [2.05, 4.69) is 4.98 Å². The lowest BCUT2D eigenvalue weighted by Crippen LogP contribution is -2.27. The van der Waals surface area contributed by atoms with Gasteiger partial charge in [0.2, 0.25) is 10.0 Å². The standard InChI is InChI=1S/C13H13ClN2O4S/c1-16(8-9-3-2-4-10(17)5-9)21(19,20)11-6-12(14)13(18)15-7-11/h2-7,17H,8H2,1H3,(H,15,18). The fourth-order valence-corrected chi connectivity index (χ4v) is 3.15. The Morgan fingerprint density at radius 3 is 2.67 bits per heavy atom. The zero-order valence-electron chi connectivity index (χ0n) is 11.1. The van der Waals surface area contributed by atoms with Crippen LogP contribution in [0.2, 0.25) is 5.02 Å². The minimum absolute atomic E-state index is 0.0605. The first-order valence-electron chi connectivity index (χ1n) is 5.93. The number of benzene rings is 1. The zero-order chi connectivity index (χ0) is 15.6. The van der Waals surface area contributed by atoms with Crippen LogP contribution in [0.25, 0.3) is 0 Å². The van der Waals surface area contributed by atoms with Gasteiger partial charge in [-0.15, -0.1) is 0 Å². The summed E-state index contributed by atoms with van der Waals surface area (Å²) < 4.78 is 25.8. The Kier molecular flexibility index (Phi) is 4.36. The predicted octanol–water partition coefficient (Wildman–Crippen LogP) is 1.55. The van der Waals surface area contributed by atoms with E-state index in [1.165, 1.54) is 19.2 Å². The Labute approximate surface area is 126 Å². The minimum atomic E-state index is -3.79. The van der Waals surface area contributed by atoms with Crippen molar-refractivity contribution in [2.24, 2.45) is 0 Å². The Bertz CT molecular complexity index is 817. The Balaban J connectivity index is 2.30. The molecule has 0 saturated carbocycles. The van der Waals surface area contributed by atoms with Crippen LogP contribution in [0.5, 0.6) is 5.75 Å². The number of hydrogen-bond acceptors (Lipinski definition) is 4. The van der Waals surface area contributed by atoms with Crippen molar-refractivity contribution >= 4 is 21.6 Å². The molecule has 0 unspecified atom stereocenters. The molecule has 8 heteroatoms. The largest absolute Gasteiger partial charge is 0.508 e. The van der Waals surface area contributed by atoms with Gasteiger partial charge in [-0.1, -0.05) is 23.7 Å². The molecule has 21 heavy (non-hydrogen) atoms. The van der Waals surface area contributed by atoms with Crippen LogP contribution in [0.3, 0.4) is 0 Å². The number of phenols is 1. The van der Waals surface area contributed by atoms with Gasteiger partial charge in [0.25, 0.3) is 5.56 Å². The maximum atomic E-state index is 12.4. The molecule has 1 heterocycles. The summed E-state index contributed by atoms with van der Waals surface area (Å²) in [7, 11) is -2.39. The average Bonchev–Trinajstić information content (AvgIpc) is 2.41. The molecular weight excluding hydrogens is 316 g/mol. The van der Waals surface area contributed by atoms with Gasteiger partial charge in [0.15, 0.2) is 0 Å². The highest BCUT2D eigenvalue weighted by Gasteiger charge is 2.22. The van der Waals surface area contributed by atoms with Crippen molar-refractivity contribution in [2.45, 2.75) is 11.4 Å². The second-order valence-electron chi connectivity index (χ2n) is 4.44. The van der Waals surface area contributed by atoms with E-state index in [9.17, 15) is 18.3 Å². The number of pyridine rings is 1. The molecular formula is C13H13ClN2O4S. The van der Waals surface area contributed by atoms with E-state index >= 15 is 0 Å². The second-order valence-corrected chi connectivity index (χ2v) is 6.90. The third-order valence-electron chi connectivity index (χ3n) is 2.86. The second kappa shape index (κ2) is 5.88. The number of aromatic amines is 1. The van der Waals surface area contributed by atoms with Crippen molar-refractivity contribution < 1.29 is 13.5 Å². The van der Waals surface area contributed by atoms with E-state index in [0.29, 0.717) is 5.56 Å². The SMILES string of the molecule is CN(Cc1cccc(O)c1)S(=O)(=O)c1c[nH]c(=O)c(Cl)c1. The molecule has 2 N–H and O–H groups in total. The number of aromatic nitrogens is 1. The molecule has 6 nitrogen and oxygen atoms in total. The molecule has 0 atom stereocenters. The minimum Gasteiger partial charge on any atom is -0.508 e. The van der Waals surface area contributed by atoms with Crippen LogP contribution in [-0.4, -0.2) is 29.9 Å². The summed E-state index contributed by atoms with van der Waals surface area (Å²) in [6, 6.07) is 7.41. The number of halogens is 1. The van der Waals surface area contributed by atoms with Crippen LogP contribution in [0, 0.1) is 0 Å². The van der Waals surface area contributed by atoms with Crippen molar-refractivity contribution in [3.8, 4) is 5.75 Å². The topological polar surface area (TPSA) is 90.5 Å². The van der Waals surface area contributed by atoms with Gasteiger partial charge in [0.1, 0.15) is 10.8 Å². The predicted molar refractivity (Wildman–Crippen MR) is 78.8 cm³/mol. The van der Waals surface area contributed by atoms with Gasteiger partial charge in [0.05, 0.1) is 4.90 Å². The first kappa shape index (κ1) is 15.6. The van der Waals surface area contributed by atoms with Crippen molar-refractivity contribution in [1.29, 1.82) is 0 Å². The van der Waals surface area contributed by atoms with Crippen LogP contribution in [0.1, 0.15) is 5.56 Å². The number of phenolic OH excluding ortho intramolecular Hbond substituents is 1. The van der Waals surface area contributed by atoms with Crippen LogP contribution >= 0.6 is 11.6 Å². The molecule has 0 fully saturated rings. The van der Waals surface area contributed by atoms with E-state index < -0.39 is 15.6 Å². The normalized spacial score (nSPS) is 11.8. The number of aromatic hydroxyl groups is 1. The van der Waals surface area contributed by atoms with Gasteiger partial charge < -0.3 is 10.1 Å². The Hall–Kier alpha value is -1.83. The summed E-state index contributed by atoms with van der Waals surface area (Å²) in [6.45, 7) is 0.0769. The third kappa shape index (κ3) is 3.44. The van der Waals surface area contributed by atoms with E-state index in [-0.39, 0.29) is 22.2 Å². The zero-order valence-corrected chi connectivity index (χ0v) is 12.6. The van der Waals surface area contributed by atoms with Gasteiger partial charge in [-0.3, -0.25) is 4.79 Å². The first-order valence-corrected chi connectivity index (χ1v) is 7.75. The van der Waals surface area contributed by atoms with E-state index in [1.54, 1.807) is 12.1 Å². The lowest BCUT2D eigenvalue weighted by molar-refractivity contribution is 0.458. The molecule has 0 aliphatic heterocycles. The average molecular weight is 329 g/mol. The van der Waals surface area contributed by atoms with Crippen molar-refractivity contribution in [1.82, 2.24) is 9.29 Å². The molecule has 0 bridgehead atoms. The lowest BCUT2D eigenvalue weighted by atomic mass is 10.2. The van der Waals surface area contributed by atoms with Gasteiger partial charge >= 0.3 is 0 Å². The van der Waals surface area contributed by atoms with Crippen LogP contribution in [0.15, 0.2) is 46.2 Å². The molecule has 0 saturated heterocycles. The Morgan fingerprint density at radius 1 is 1.33 bits per heavy atom. The highest BCUT2D eigenvalue weighted by Crippen LogP contribution is 2.19. The summed E-state index contributed by atoms with van der Waals surface area (Å²) in [4.78, 5) is 13.3. The van der Waals surface area contributed by atoms with E-state index in [0.717, 1.165) is 16.6 Å². The molecule has 0 aliphatic rings. The summed E-state index contributed by atoms with van der Waals surface area (Å²) in [5, 5.41) is 9.19. The van der Waals surface area contributed by atoms with Gasteiger partial charge in [0, 0.05) is 19.8 Å². The summed E-state index contributed by atoms with van der Waals surface area (Å²) in [6.07, 6.45) is 1.10.